The third-order valence-corrected chi connectivity index (χ3v) is 3.67. The lowest BCUT2D eigenvalue weighted by Crippen LogP contribution is -2.07. The minimum absolute atomic E-state index is 0.0383. The molecule has 0 radical (unpaired) electrons. The van der Waals surface area contributed by atoms with Gasteiger partial charge in [0.1, 0.15) is 0 Å². The molecule has 0 bridgehead atoms. The molecular formula is C13H22N2O4S. The summed E-state index contributed by atoms with van der Waals surface area (Å²) < 4.78 is 12.4. The number of rotatable bonds is 11. The number of carboxylic acid groups (broad SMARTS) is 1. The van der Waals surface area contributed by atoms with Crippen LogP contribution in [0.15, 0.2) is 11.4 Å². The highest BCUT2D eigenvalue weighted by Gasteiger charge is 2.09. The van der Waals surface area contributed by atoms with E-state index in [0.29, 0.717) is 19.8 Å². The highest BCUT2D eigenvalue weighted by atomic mass is 32.2. The molecule has 0 spiro atoms. The Morgan fingerprint density at radius 1 is 1.40 bits per heavy atom. The second-order valence-electron chi connectivity index (χ2n) is 4.33. The standard InChI is InChI=1S/C13H22N2O4S/c1-11-9-14-13(20-10-12(16)17)15(11)5-3-4-6-19-8-7-18-2/h9H,3-8,10H2,1-2H3,(H,16,17). The monoisotopic (exact) mass is 302 g/mol. The van der Waals surface area contributed by atoms with Crippen molar-refractivity contribution in [3.05, 3.63) is 11.9 Å². The first kappa shape index (κ1) is 17.0. The topological polar surface area (TPSA) is 73.6 Å². The average Bonchev–Trinajstić information content (AvgIpc) is 2.76. The van der Waals surface area contributed by atoms with Gasteiger partial charge in [-0.3, -0.25) is 4.79 Å². The molecule has 0 saturated heterocycles. The van der Waals surface area contributed by atoms with E-state index < -0.39 is 5.97 Å². The Labute approximate surface area is 123 Å². The third kappa shape index (κ3) is 6.40. The number of unbranched alkanes of at least 4 members (excludes halogenated alkanes) is 1. The number of aliphatic carboxylic acids is 1. The summed E-state index contributed by atoms with van der Waals surface area (Å²) in [5.74, 6) is -0.787. The van der Waals surface area contributed by atoms with E-state index in [-0.39, 0.29) is 5.75 Å². The number of imidazole rings is 1. The SMILES string of the molecule is COCCOCCCCn1c(C)cnc1SCC(=O)O. The van der Waals surface area contributed by atoms with E-state index in [4.69, 9.17) is 14.6 Å². The van der Waals surface area contributed by atoms with Crippen molar-refractivity contribution in [1.29, 1.82) is 0 Å². The van der Waals surface area contributed by atoms with Crippen LogP contribution in [-0.4, -0.2) is 53.3 Å². The molecule has 6 nitrogen and oxygen atoms in total. The van der Waals surface area contributed by atoms with Crippen LogP contribution in [0.4, 0.5) is 0 Å². The summed E-state index contributed by atoms with van der Waals surface area (Å²) in [5, 5.41) is 9.47. The number of ether oxygens (including phenoxy) is 2. The minimum atomic E-state index is -0.825. The Balaban J connectivity index is 2.28. The van der Waals surface area contributed by atoms with Crippen molar-refractivity contribution in [3.63, 3.8) is 0 Å². The summed E-state index contributed by atoms with van der Waals surface area (Å²) in [4.78, 5) is 14.8. The van der Waals surface area contributed by atoms with Crippen LogP contribution in [0.25, 0.3) is 0 Å². The number of nitrogens with zero attached hydrogens (tertiary/aromatic N) is 2. The second kappa shape index (κ2) is 9.79. The molecule has 20 heavy (non-hydrogen) atoms. The molecule has 0 aliphatic carbocycles. The van der Waals surface area contributed by atoms with E-state index in [1.54, 1.807) is 13.3 Å². The molecule has 0 amide bonds. The van der Waals surface area contributed by atoms with Crippen LogP contribution in [0.2, 0.25) is 0 Å². The van der Waals surface area contributed by atoms with Crippen LogP contribution in [-0.2, 0) is 20.8 Å². The predicted octanol–water partition coefficient (Wildman–Crippen LogP) is 1.81. The largest absolute Gasteiger partial charge is 0.481 e. The first-order chi connectivity index (χ1) is 9.65. The zero-order chi connectivity index (χ0) is 14.8. The van der Waals surface area contributed by atoms with Gasteiger partial charge in [-0.15, -0.1) is 0 Å². The molecule has 7 heteroatoms. The van der Waals surface area contributed by atoms with Crippen molar-refractivity contribution >= 4 is 17.7 Å². The minimum Gasteiger partial charge on any atom is -0.481 e. The molecule has 0 aliphatic rings. The zero-order valence-corrected chi connectivity index (χ0v) is 12.8. The molecule has 0 atom stereocenters. The summed E-state index contributed by atoms with van der Waals surface area (Å²) in [7, 11) is 1.65. The Morgan fingerprint density at radius 3 is 2.90 bits per heavy atom. The van der Waals surface area contributed by atoms with Crippen molar-refractivity contribution in [1.82, 2.24) is 9.55 Å². The Kier molecular flexibility index (Phi) is 8.32. The number of thioether (sulfide) groups is 1. The quantitative estimate of drug-likeness (QED) is 0.496. The summed E-state index contributed by atoms with van der Waals surface area (Å²) >= 11 is 1.26. The number of hydrogen-bond acceptors (Lipinski definition) is 5. The van der Waals surface area contributed by atoms with Gasteiger partial charge in [-0.2, -0.15) is 0 Å². The van der Waals surface area contributed by atoms with Gasteiger partial charge in [0.15, 0.2) is 5.16 Å². The molecule has 1 N–H and O–H groups in total. The van der Waals surface area contributed by atoms with Gasteiger partial charge in [-0.1, -0.05) is 11.8 Å². The molecule has 0 aliphatic heterocycles. The van der Waals surface area contributed by atoms with Crippen LogP contribution in [0, 0.1) is 6.92 Å². The summed E-state index contributed by atoms with van der Waals surface area (Å²) in [6, 6.07) is 0. The van der Waals surface area contributed by atoms with Gasteiger partial charge < -0.3 is 19.1 Å². The van der Waals surface area contributed by atoms with Gasteiger partial charge in [0.05, 0.1) is 19.0 Å². The zero-order valence-electron chi connectivity index (χ0n) is 12.0. The van der Waals surface area contributed by atoms with E-state index in [0.717, 1.165) is 30.2 Å². The molecular weight excluding hydrogens is 280 g/mol. The summed E-state index contributed by atoms with van der Waals surface area (Å²) in [6.07, 6.45) is 3.72. The molecule has 1 aromatic heterocycles. The lowest BCUT2D eigenvalue weighted by atomic mass is 10.3. The third-order valence-electron chi connectivity index (χ3n) is 2.70. The van der Waals surface area contributed by atoms with Crippen molar-refractivity contribution in [2.45, 2.75) is 31.5 Å². The Hall–Kier alpha value is -1.05. The molecule has 0 fully saturated rings. The average molecular weight is 302 g/mol. The lowest BCUT2D eigenvalue weighted by Gasteiger charge is -2.09. The van der Waals surface area contributed by atoms with Crippen LogP contribution in [0.5, 0.6) is 0 Å². The number of aryl methyl sites for hydroxylation is 1. The second-order valence-corrected chi connectivity index (χ2v) is 5.27. The van der Waals surface area contributed by atoms with Crippen molar-refractivity contribution in [2.75, 3.05) is 32.7 Å². The van der Waals surface area contributed by atoms with E-state index in [2.05, 4.69) is 9.55 Å². The highest BCUT2D eigenvalue weighted by Crippen LogP contribution is 2.18. The van der Waals surface area contributed by atoms with Crippen LogP contribution in [0.3, 0.4) is 0 Å². The molecule has 114 valence electrons. The fourth-order valence-corrected chi connectivity index (χ4v) is 2.44. The maximum absolute atomic E-state index is 10.6. The van der Waals surface area contributed by atoms with Gasteiger partial charge in [-0.25, -0.2) is 4.98 Å². The van der Waals surface area contributed by atoms with E-state index in [9.17, 15) is 4.79 Å². The Morgan fingerprint density at radius 2 is 2.20 bits per heavy atom. The number of hydrogen-bond donors (Lipinski definition) is 1. The molecule has 1 rings (SSSR count). The number of methoxy groups -OCH3 is 1. The number of carboxylic acids is 1. The summed E-state index contributed by atoms with van der Waals surface area (Å²) in [5.41, 5.74) is 1.05. The lowest BCUT2D eigenvalue weighted by molar-refractivity contribution is -0.133. The number of carbonyl (C=O) groups is 1. The van der Waals surface area contributed by atoms with Gasteiger partial charge in [0.25, 0.3) is 0 Å². The number of aromatic nitrogens is 2. The Bertz CT molecular complexity index is 409. The van der Waals surface area contributed by atoms with Crippen molar-refractivity contribution < 1.29 is 19.4 Å². The van der Waals surface area contributed by atoms with Crippen molar-refractivity contribution in [2.24, 2.45) is 0 Å². The highest BCUT2D eigenvalue weighted by molar-refractivity contribution is 7.99. The van der Waals surface area contributed by atoms with Gasteiger partial charge in [0, 0.05) is 32.2 Å². The fraction of sp³-hybridized carbons (Fsp3) is 0.692. The molecule has 0 unspecified atom stereocenters. The van der Waals surface area contributed by atoms with Crippen LogP contribution in [0.1, 0.15) is 18.5 Å². The fourth-order valence-electron chi connectivity index (χ4n) is 1.67. The van der Waals surface area contributed by atoms with Crippen LogP contribution < -0.4 is 0 Å². The van der Waals surface area contributed by atoms with E-state index in [1.165, 1.54) is 11.8 Å². The first-order valence-electron chi connectivity index (χ1n) is 6.58. The molecule has 0 aromatic carbocycles. The van der Waals surface area contributed by atoms with Gasteiger partial charge >= 0.3 is 5.97 Å². The smallest absolute Gasteiger partial charge is 0.313 e. The van der Waals surface area contributed by atoms with Crippen LogP contribution >= 0.6 is 11.8 Å². The van der Waals surface area contributed by atoms with E-state index in [1.807, 2.05) is 6.92 Å². The normalized spacial score (nSPS) is 10.9. The van der Waals surface area contributed by atoms with Crippen molar-refractivity contribution in [3.8, 4) is 0 Å². The maximum atomic E-state index is 10.6. The maximum Gasteiger partial charge on any atom is 0.313 e. The van der Waals surface area contributed by atoms with E-state index >= 15 is 0 Å². The van der Waals surface area contributed by atoms with Gasteiger partial charge in [-0.05, 0) is 19.8 Å². The molecule has 1 aromatic rings. The van der Waals surface area contributed by atoms with Gasteiger partial charge in [0.2, 0.25) is 0 Å². The first-order valence-corrected chi connectivity index (χ1v) is 7.57. The molecule has 0 saturated carbocycles. The summed E-state index contributed by atoms with van der Waals surface area (Å²) in [6.45, 7) is 4.78. The molecule has 1 heterocycles. The predicted molar refractivity (Wildman–Crippen MR) is 77.3 cm³/mol.